The predicted octanol–water partition coefficient (Wildman–Crippen LogP) is -7.46. The van der Waals surface area contributed by atoms with Gasteiger partial charge in [-0.25, -0.2) is 0 Å². The van der Waals surface area contributed by atoms with Crippen molar-refractivity contribution in [3.05, 3.63) is 0 Å². The van der Waals surface area contributed by atoms with E-state index < -0.39 is 7.60 Å². The summed E-state index contributed by atoms with van der Waals surface area (Å²) in [4.78, 5) is 18.2. The fourth-order valence-electron chi connectivity index (χ4n) is 0. The van der Waals surface area contributed by atoms with Crippen LogP contribution in [0.5, 0.6) is 0 Å². The second-order valence-corrected chi connectivity index (χ2v) is 2.31. The maximum atomic E-state index is 9.10. The normalized spacial score (nSPS) is 8.43. The van der Waals surface area contributed by atoms with Crippen LogP contribution in [0.2, 0.25) is 0 Å². The Bertz CT molecular complexity index is 59.1. The van der Waals surface area contributed by atoms with Crippen molar-refractivity contribution in [3.63, 3.8) is 0 Å². The third-order valence-electron chi connectivity index (χ3n) is 0. The van der Waals surface area contributed by atoms with Gasteiger partial charge >= 0.3 is 37.7 Å². The van der Waals surface area contributed by atoms with Crippen LogP contribution >= 0.6 is 7.60 Å². The van der Waals surface area contributed by atoms with Gasteiger partial charge in [0, 0.05) is 0 Å². The molecule has 0 spiro atoms. The minimum atomic E-state index is -4.14. The van der Waals surface area contributed by atoms with Crippen LogP contribution in [0, 0.1) is 0 Å². The van der Waals surface area contributed by atoms with Crippen molar-refractivity contribution in [1.29, 1.82) is 0 Å². The third kappa shape index (κ3) is 116. The number of hydrogen-bond acceptors (Lipinski definition) is 3. The molecule has 0 saturated heterocycles. The van der Waals surface area contributed by atoms with E-state index in [-0.39, 0.29) is 37.7 Å². The van der Waals surface area contributed by atoms with Crippen LogP contribution in [0.1, 0.15) is 0 Å². The summed E-state index contributed by atoms with van der Waals surface area (Å²) in [5.74, 6) is 0. The molecule has 0 radical (unpaired) electrons. The van der Waals surface area contributed by atoms with Crippen LogP contribution in [0.15, 0.2) is 0 Å². The predicted molar refractivity (Wildman–Crippen MR) is 13.5 cm³/mol. The second-order valence-electron chi connectivity index (χ2n) is 0.771. The Hall–Kier alpha value is 1.34. The average molecular weight is 108 g/mol. The maximum Gasteiger partial charge on any atom is 1.00 e. The number of rotatable bonds is 0. The van der Waals surface area contributed by atoms with Gasteiger partial charge in [0.05, 0.1) is 0 Å². The van der Waals surface area contributed by atoms with E-state index in [1.165, 1.54) is 0 Å². The molecule has 0 N–H and O–H groups in total. The van der Waals surface area contributed by atoms with Gasteiger partial charge in [0.15, 0.2) is 0 Å². The molecule has 0 bridgehead atoms. The van der Waals surface area contributed by atoms with Gasteiger partial charge in [0.25, 0.3) is 0 Å². The van der Waals surface area contributed by atoms with Crippen molar-refractivity contribution in [2.75, 3.05) is 6.66 Å². The molecular weight excluding hydrogens is 105 g/mol. The molecule has 0 rings (SSSR count). The average Bonchev–Trinajstić information content (AvgIpc) is 0.722. The Labute approximate surface area is 66.4 Å². The molecule has 0 amide bonds. The first-order valence-corrected chi connectivity index (χ1v) is 2.98. The van der Waals surface area contributed by atoms with E-state index in [2.05, 4.69) is 0 Å². The monoisotopic (exact) mass is 108 g/mol. The van der Waals surface area contributed by atoms with E-state index in [0.29, 0.717) is 6.66 Å². The Kier molecular flexibility index (Phi) is 12.3. The van der Waals surface area contributed by atoms with E-state index >= 15 is 0 Å². The molecule has 0 aliphatic rings. The van der Waals surface area contributed by atoms with Crippen molar-refractivity contribution in [3.8, 4) is 0 Å². The van der Waals surface area contributed by atoms with Crippen LogP contribution in [0.4, 0.5) is 0 Å². The largest absolute Gasteiger partial charge is 1.00 e. The van der Waals surface area contributed by atoms with Crippen LogP contribution in [0.3, 0.4) is 0 Å². The Morgan fingerprint density at radius 3 is 1.29 bits per heavy atom. The molecule has 3 nitrogen and oxygen atoms in total. The molecule has 0 heterocycles. The Morgan fingerprint density at radius 1 is 1.29 bits per heavy atom. The zero-order valence-electron chi connectivity index (χ0n) is 4.67. The summed E-state index contributed by atoms with van der Waals surface area (Å²) in [6, 6.07) is 0. The van der Waals surface area contributed by atoms with Crippen LogP contribution in [-0.2, 0) is 4.57 Å². The quantitative estimate of drug-likeness (QED) is 0.228. The van der Waals surface area contributed by atoms with Gasteiger partial charge in [-0.05, 0) is 6.66 Å². The van der Waals surface area contributed by atoms with E-state index in [1.807, 2.05) is 0 Å². The topological polar surface area (TPSA) is 63.2 Å². The van der Waals surface area contributed by atoms with Crippen molar-refractivity contribution in [2.45, 2.75) is 0 Å². The van der Waals surface area contributed by atoms with E-state index in [9.17, 15) is 0 Å². The first-order valence-electron chi connectivity index (χ1n) is 0.995. The minimum Gasteiger partial charge on any atom is -0.811 e. The third-order valence-corrected chi connectivity index (χ3v) is 0. The summed E-state index contributed by atoms with van der Waals surface area (Å²) in [6.45, 7) is 0.632. The van der Waals surface area contributed by atoms with Gasteiger partial charge in [-0.3, -0.25) is 0 Å². The number of hydrogen-bond donors (Lipinski definition) is 0. The van der Waals surface area contributed by atoms with Crippen molar-refractivity contribution >= 4 is 7.60 Å². The zero-order valence-corrected chi connectivity index (χ0v) is 5.57. The van der Waals surface area contributed by atoms with Gasteiger partial charge in [-0.15, -0.1) is 0 Å². The van der Waals surface area contributed by atoms with Crippen molar-refractivity contribution in [1.82, 2.24) is 0 Å². The zero-order chi connectivity index (χ0) is 4.50. The molecule has 0 atom stereocenters. The molecule has 0 aromatic rings. The molecule has 0 aliphatic heterocycles. The van der Waals surface area contributed by atoms with Crippen molar-refractivity contribution in [2.24, 2.45) is 0 Å². The maximum absolute atomic E-state index is 9.10. The molecular formula is CH3Li2O3P. The van der Waals surface area contributed by atoms with Gasteiger partial charge in [-0.1, -0.05) is 7.60 Å². The SMILES string of the molecule is CP(=O)([O-])[O-].[Li+].[Li+]. The molecule has 7 heavy (non-hydrogen) atoms. The smallest absolute Gasteiger partial charge is 0.811 e. The van der Waals surface area contributed by atoms with Crippen LogP contribution < -0.4 is 47.5 Å². The fraction of sp³-hybridized carbons (Fsp3) is 1.00. The molecule has 0 aromatic heterocycles. The minimum absolute atomic E-state index is 0. The van der Waals surface area contributed by atoms with Gasteiger partial charge in [0.1, 0.15) is 0 Å². The standard InChI is InChI=1S/CH5O3P.2Li/c1-5(2,3)4;;/h1H3,(H2,2,3,4);;/q;2*+1/p-2. The summed E-state index contributed by atoms with van der Waals surface area (Å²) >= 11 is 0. The van der Waals surface area contributed by atoms with Crippen LogP contribution in [-0.4, -0.2) is 6.66 Å². The molecule has 0 unspecified atom stereocenters. The molecule has 6 heteroatoms. The molecule has 0 aromatic carbocycles. The van der Waals surface area contributed by atoms with Gasteiger partial charge in [0.2, 0.25) is 0 Å². The van der Waals surface area contributed by atoms with E-state index in [4.69, 9.17) is 14.4 Å². The van der Waals surface area contributed by atoms with Gasteiger partial charge in [-0.2, -0.15) is 0 Å². The first-order chi connectivity index (χ1) is 2.00. The van der Waals surface area contributed by atoms with Crippen molar-refractivity contribution < 1.29 is 52.1 Å². The summed E-state index contributed by atoms with van der Waals surface area (Å²) in [5, 5.41) is 0. The first kappa shape index (κ1) is 15.8. The second kappa shape index (κ2) is 5.48. The Balaban J connectivity index is -0.0000000800. The summed E-state index contributed by atoms with van der Waals surface area (Å²) in [7, 11) is -4.14. The molecule has 32 valence electrons. The van der Waals surface area contributed by atoms with E-state index in [0.717, 1.165) is 0 Å². The molecule has 0 saturated carbocycles. The summed E-state index contributed by atoms with van der Waals surface area (Å²) in [6.07, 6.45) is 0. The Morgan fingerprint density at radius 2 is 1.29 bits per heavy atom. The summed E-state index contributed by atoms with van der Waals surface area (Å²) < 4.78 is 9.10. The molecule has 0 fully saturated rings. The summed E-state index contributed by atoms with van der Waals surface area (Å²) in [5.41, 5.74) is 0. The molecule has 0 aliphatic carbocycles. The van der Waals surface area contributed by atoms with Crippen LogP contribution in [0.25, 0.3) is 0 Å². The van der Waals surface area contributed by atoms with E-state index in [1.54, 1.807) is 0 Å². The fourth-order valence-corrected chi connectivity index (χ4v) is 0. The van der Waals surface area contributed by atoms with Gasteiger partial charge < -0.3 is 14.4 Å².